The van der Waals surface area contributed by atoms with E-state index in [1.807, 2.05) is 14.0 Å². The van der Waals surface area contributed by atoms with E-state index in [-0.39, 0.29) is 0 Å². The predicted molar refractivity (Wildman–Crippen MR) is 76.3 cm³/mol. The first-order valence-electron chi connectivity index (χ1n) is 6.94. The van der Waals surface area contributed by atoms with Crippen molar-refractivity contribution in [2.45, 2.75) is 38.8 Å². The average molecular weight is 295 g/mol. The summed E-state index contributed by atoms with van der Waals surface area (Å²) in [6.07, 6.45) is 5.11. The number of hydrogen-bond acceptors (Lipinski definition) is 4. The van der Waals surface area contributed by atoms with E-state index in [4.69, 9.17) is 11.6 Å². The summed E-state index contributed by atoms with van der Waals surface area (Å²) in [4.78, 5) is 6.74. The van der Waals surface area contributed by atoms with Crippen molar-refractivity contribution in [3.8, 4) is 0 Å². The Hall–Kier alpha value is -1.40. The number of aromatic amines is 1. The third-order valence-corrected chi connectivity index (χ3v) is 4.47. The van der Waals surface area contributed by atoms with Gasteiger partial charge in [0.2, 0.25) is 0 Å². The van der Waals surface area contributed by atoms with Gasteiger partial charge in [-0.3, -0.25) is 14.7 Å². The number of nitrogens with one attached hydrogen (secondary N) is 1. The Bertz CT molecular complexity index is 576. The Morgan fingerprint density at radius 2 is 2.30 bits per heavy atom. The van der Waals surface area contributed by atoms with Crippen LogP contribution in [0.25, 0.3) is 0 Å². The number of H-pyrrole nitrogens is 1. The first-order chi connectivity index (χ1) is 9.66. The third-order valence-electron chi connectivity index (χ3n) is 3.99. The number of nitrogens with zero attached hydrogens (tertiary/aromatic N) is 5. The molecule has 1 N–H and O–H groups in total. The van der Waals surface area contributed by atoms with Gasteiger partial charge in [-0.05, 0) is 26.3 Å². The molecule has 108 valence electrons. The van der Waals surface area contributed by atoms with E-state index in [1.165, 1.54) is 12.8 Å². The molecule has 3 rings (SSSR count). The molecule has 0 radical (unpaired) electrons. The van der Waals surface area contributed by atoms with Gasteiger partial charge >= 0.3 is 0 Å². The van der Waals surface area contributed by atoms with Gasteiger partial charge in [0.05, 0.1) is 11.7 Å². The van der Waals surface area contributed by atoms with Crippen LogP contribution in [-0.2, 0) is 13.6 Å². The first kappa shape index (κ1) is 13.6. The van der Waals surface area contributed by atoms with Crippen LogP contribution in [-0.4, -0.2) is 36.4 Å². The first-order valence-corrected chi connectivity index (χ1v) is 7.32. The summed E-state index contributed by atoms with van der Waals surface area (Å²) < 4.78 is 1.74. The van der Waals surface area contributed by atoms with E-state index in [9.17, 15) is 0 Å². The lowest BCUT2D eigenvalue weighted by Crippen LogP contribution is -2.33. The van der Waals surface area contributed by atoms with E-state index in [2.05, 4.69) is 25.2 Å². The maximum absolute atomic E-state index is 6.34. The monoisotopic (exact) mass is 294 g/mol. The Morgan fingerprint density at radius 1 is 1.45 bits per heavy atom. The summed E-state index contributed by atoms with van der Waals surface area (Å²) in [7, 11) is 1.88. The van der Waals surface area contributed by atoms with Crippen LogP contribution < -0.4 is 0 Å². The zero-order chi connectivity index (χ0) is 14.1. The molecular weight excluding hydrogens is 276 g/mol. The zero-order valence-electron chi connectivity index (χ0n) is 11.8. The lowest BCUT2D eigenvalue weighted by Gasteiger charge is -2.34. The van der Waals surface area contributed by atoms with Gasteiger partial charge in [-0.25, -0.2) is 4.98 Å². The maximum atomic E-state index is 6.34. The maximum Gasteiger partial charge on any atom is 0.141 e. The van der Waals surface area contributed by atoms with Crippen molar-refractivity contribution in [2.24, 2.45) is 7.05 Å². The van der Waals surface area contributed by atoms with Crippen molar-refractivity contribution >= 4 is 11.6 Å². The van der Waals surface area contributed by atoms with Crippen LogP contribution in [0.15, 0.2) is 6.33 Å². The number of aromatic nitrogens is 5. The SMILES string of the molecule is Cc1nn(C)c(Cl)c1CN1CCCCC1c1ncn[nH]1. The Morgan fingerprint density at radius 3 is 2.95 bits per heavy atom. The molecule has 0 aromatic carbocycles. The zero-order valence-corrected chi connectivity index (χ0v) is 12.6. The van der Waals surface area contributed by atoms with Crippen LogP contribution in [0.3, 0.4) is 0 Å². The summed E-state index contributed by atoms with van der Waals surface area (Å²) in [5.41, 5.74) is 2.11. The highest BCUT2D eigenvalue weighted by Gasteiger charge is 2.27. The second kappa shape index (κ2) is 5.54. The van der Waals surface area contributed by atoms with Crippen LogP contribution in [0.2, 0.25) is 5.15 Å². The van der Waals surface area contributed by atoms with Crippen molar-refractivity contribution in [3.05, 3.63) is 28.6 Å². The highest BCUT2D eigenvalue weighted by molar-refractivity contribution is 6.30. The van der Waals surface area contributed by atoms with E-state index in [0.29, 0.717) is 6.04 Å². The molecule has 1 fully saturated rings. The number of aryl methyl sites for hydroxylation is 2. The van der Waals surface area contributed by atoms with E-state index in [0.717, 1.165) is 41.7 Å². The van der Waals surface area contributed by atoms with Gasteiger partial charge in [-0.1, -0.05) is 18.0 Å². The van der Waals surface area contributed by atoms with Crippen LogP contribution in [0.4, 0.5) is 0 Å². The average Bonchev–Trinajstić information content (AvgIpc) is 3.04. The molecule has 3 heterocycles. The van der Waals surface area contributed by atoms with Gasteiger partial charge in [0.1, 0.15) is 17.3 Å². The second-order valence-corrected chi connectivity index (χ2v) is 5.69. The fraction of sp³-hybridized carbons (Fsp3) is 0.615. The normalized spacial score (nSPS) is 20.4. The van der Waals surface area contributed by atoms with Crippen molar-refractivity contribution < 1.29 is 0 Å². The molecule has 2 aromatic heterocycles. The molecule has 6 nitrogen and oxygen atoms in total. The fourth-order valence-electron chi connectivity index (χ4n) is 2.92. The molecular formula is C13H19ClN6. The molecule has 1 saturated heterocycles. The molecule has 1 aliphatic rings. The standard InChI is InChI=1S/C13H19ClN6/c1-9-10(12(14)19(2)18-9)7-20-6-4-3-5-11(20)13-15-8-16-17-13/h8,11H,3-7H2,1-2H3,(H,15,16,17). The molecule has 2 aromatic rings. The minimum atomic E-state index is 0.293. The Balaban J connectivity index is 1.84. The Labute approximate surface area is 123 Å². The molecule has 0 saturated carbocycles. The summed E-state index contributed by atoms with van der Waals surface area (Å²) in [6, 6.07) is 0.293. The number of rotatable bonds is 3. The van der Waals surface area contributed by atoms with E-state index in [1.54, 1.807) is 11.0 Å². The van der Waals surface area contributed by atoms with Gasteiger partial charge < -0.3 is 0 Å². The number of likely N-dealkylation sites (tertiary alicyclic amines) is 1. The minimum absolute atomic E-state index is 0.293. The van der Waals surface area contributed by atoms with Gasteiger partial charge in [0.15, 0.2) is 0 Å². The molecule has 0 bridgehead atoms. The highest BCUT2D eigenvalue weighted by atomic mass is 35.5. The lowest BCUT2D eigenvalue weighted by molar-refractivity contribution is 0.134. The number of piperidine rings is 1. The highest BCUT2D eigenvalue weighted by Crippen LogP contribution is 2.31. The molecule has 20 heavy (non-hydrogen) atoms. The molecule has 0 amide bonds. The minimum Gasteiger partial charge on any atom is -0.289 e. The van der Waals surface area contributed by atoms with Crippen LogP contribution in [0, 0.1) is 6.92 Å². The van der Waals surface area contributed by atoms with E-state index < -0.39 is 0 Å². The molecule has 1 unspecified atom stereocenters. The molecule has 1 aliphatic heterocycles. The predicted octanol–water partition coefficient (Wildman–Crippen LogP) is 2.23. The molecule has 7 heteroatoms. The second-order valence-electron chi connectivity index (χ2n) is 5.33. The topological polar surface area (TPSA) is 62.6 Å². The van der Waals surface area contributed by atoms with Crippen LogP contribution >= 0.6 is 11.6 Å². The quantitative estimate of drug-likeness (QED) is 0.943. The molecule has 1 atom stereocenters. The third kappa shape index (κ3) is 2.45. The van der Waals surface area contributed by atoms with Gasteiger partial charge in [-0.2, -0.15) is 10.2 Å². The largest absolute Gasteiger partial charge is 0.289 e. The van der Waals surface area contributed by atoms with Gasteiger partial charge in [-0.15, -0.1) is 0 Å². The van der Waals surface area contributed by atoms with Crippen molar-refractivity contribution in [1.29, 1.82) is 0 Å². The lowest BCUT2D eigenvalue weighted by atomic mass is 10.0. The van der Waals surface area contributed by atoms with Crippen LogP contribution in [0.5, 0.6) is 0 Å². The summed E-state index contributed by atoms with van der Waals surface area (Å²) in [5.74, 6) is 0.947. The number of halogens is 1. The van der Waals surface area contributed by atoms with Crippen LogP contribution in [0.1, 0.15) is 42.4 Å². The summed E-state index contributed by atoms with van der Waals surface area (Å²) in [5, 5.41) is 12.1. The van der Waals surface area contributed by atoms with E-state index >= 15 is 0 Å². The number of hydrogen-bond donors (Lipinski definition) is 1. The van der Waals surface area contributed by atoms with Crippen molar-refractivity contribution in [3.63, 3.8) is 0 Å². The smallest absolute Gasteiger partial charge is 0.141 e. The Kier molecular flexibility index (Phi) is 3.76. The summed E-state index contributed by atoms with van der Waals surface area (Å²) in [6.45, 7) is 3.87. The summed E-state index contributed by atoms with van der Waals surface area (Å²) >= 11 is 6.34. The molecule has 0 spiro atoms. The fourth-order valence-corrected chi connectivity index (χ4v) is 3.16. The van der Waals surface area contributed by atoms with Crippen molar-refractivity contribution in [2.75, 3.05) is 6.54 Å². The van der Waals surface area contributed by atoms with Gasteiger partial charge in [0, 0.05) is 19.2 Å². The van der Waals surface area contributed by atoms with Crippen molar-refractivity contribution in [1.82, 2.24) is 29.9 Å². The molecule has 0 aliphatic carbocycles. The van der Waals surface area contributed by atoms with Gasteiger partial charge in [0.25, 0.3) is 0 Å².